The second kappa shape index (κ2) is 80.2. The highest BCUT2D eigenvalue weighted by Gasteiger charge is 2.30. The minimum atomic E-state index is -5.03. The Morgan fingerprint density at radius 1 is 0.255 bits per heavy atom. The standard InChI is InChI=1S/C91H140O17P2/c1-5-9-13-17-21-25-29-33-37-40-42-45-49-52-56-60-64-68-72-76-89(94)102-82-87(108-91(96)78-74-70-66-62-58-54-50-46-43-41-38-34-30-26-22-18-14-10-6-2)84-106-110(99,100)104-80-85(92)79-103-109(97,98)105-83-86(107-90(95)77-73-69-65-61-57-53-47-36-32-28-24-20-16-12-8-4)81-101-88(93)75-71-67-63-59-55-51-48-44-39-35-31-27-23-19-15-11-7-3/h9-16,21-28,33-39,42-43,45-48,51-52,54,56-58,61,64,68,85-87,92H,5-8,17-20,29-32,40-41,44,49-50,53,55,59-60,62-63,65-67,69-84H2,1-4H3,(H,97,98)(H,99,100)/b13-9-,14-10-,15-11-,16-12-,25-21-,26-22-,27-23-,28-24-,37-33-,38-34-,39-35-,45-42-,46-43-,47-36-,51-48-,56-52-,58-54-,61-57-,68-64-. The number of hydrogen-bond acceptors (Lipinski definition) is 15. The van der Waals surface area contributed by atoms with Crippen LogP contribution in [0.5, 0.6) is 0 Å². The van der Waals surface area contributed by atoms with Crippen LogP contribution in [-0.4, -0.2) is 96.7 Å². The van der Waals surface area contributed by atoms with E-state index in [1.165, 1.54) is 0 Å². The molecule has 0 heterocycles. The molecule has 0 amide bonds. The third kappa shape index (κ3) is 79.2. The number of carbonyl (C=O) groups excluding carboxylic acids is 4. The SMILES string of the molecule is CC/C=C\C/C=C\C/C=C\C/C=C\C/C=C\C/C=C\CCC(=O)OCC(COP(=O)(O)OCC(O)COP(=O)(O)OCC(COC(=O)CCCCCC/C=C\C/C=C\C/C=C\C/C=C\CC)OC(=O)CCCC/C=C\C/C=C\C/C=C\C/C=C\CC)OC(=O)CCCCC/C=C\C/C=C\C/C=C\C/C=C\C/C=C\CC. The van der Waals surface area contributed by atoms with Crippen molar-refractivity contribution >= 4 is 39.5 Å². The van der Waals surface area contributed by atoms with E-state index in [9.17, 15) is 43.2 Å². The van der Waals surface area contributed by atoms with Crippen LogP contribution in [0.1, 0.15) is 259 Å². The van der Waals surface area contributed by atoms with Gasteiger partial charge in [0, 0.05) is 25.7 Å². The molecule has 0 rings (SSSR count). The minimum Gasteiger partial charge on any atom is -0.462 e. The van der Waals surface area contributed by atoms with Crippen molar-refractivity contribution in [1.29, 1.82) is 0 Å². The summed E-state index contributed by atoms with van der Waals surface area (Å²) in [5, 5.41) is 10.7. The van der Waals surface area contributed by atoms with E-state index in [0.29, 0.717) is 38.5 Å². The molecule has 5 atom stereocenters. The van der Waals surface area contributed by atoms with Crippen LogP contribution in [0.15, 0.2) is 231 Å². The van der Waals surface area contributed by atoms with Crippen LogP contribution in [0.25, 0.3) is 0 Å². The molecule has 0 spiro atoms. The van der Waals surface area contributed by atoms with Gasteiger partial charge in [-0.1, -0.05) is 278 Å². The smallest absolute Gasteiger partial charge is 0.462 e. The van der Waals surface area contributed by atoms with E-state index >= 15 is 0 Å². The fraction of sp³-hybridized carbons (Fsp3) is 0.538. The van der Waals surface area contributed by atoms with E-state index in [1.54, 1.807) is 0 Å². The summed E-state index contributed by atoms with van der Waals surface area (Å²) in [7, 11) is -10.0. The van der Waals surface area contributed by atoms with Gasteiger partial charge < -0.3 is 33.8 Å². The van der Waals surface area contributed by atoms with E-state index in [1.807, 2.05) is 18.2 Å². The molecule has 17 nitrogen and oxygen atoms in total. The van der Waals surface area contributed by atoms with Crippen LogP contribution in [0, 0.1) is 0 Å². The summed E-state index contributed by atoms with van der Waals surface area (Å²) < 4.78 is 68.5. The van der Waals surface area contributed by atoms with Gasteiger partial charge in [0.1, 0.15) is 19.3 Å². The van der Waals surface area contributed by atoms with Gasteiger partial charge in [0.2, 0.25) is 0 Å². The van der Waals surface area contributed by atoms with E-state index in [-0.39, 0.29) is 25.7 Å². The first-order valence-corrected chi connectivity index (χ1v) is 43.6. The van der Waals surface area contributed by atoms with Crippen molar-refractivity contribution < 1.29 is 80.2 Å². The summed E-state index contributed by atoms with van der Waals surface area (Å²) in [6.07, 6.45) is 103. The molecule has 5 unspecified atom stereocenters. The number of esters is 4. The predicted octanol–water partition coefficient (Wildman–Crippen LogP) is 24.2. The Kier molecular flexibility index (Phi) is 75.2. The zero-order chi connectivity index (χ0) is 80.3. The average Bonchev–Trinajstić information content (AvgIpc) is 0.900. The van der Waals surface area contributed by atoms with Crippen LogP contribution in [-0.2, 0) is 65.4 Å². The van der Waals surface area contributed by atoms with Gasteiger partial charge in [-0.2, -0.15) is 0 Å². The molecule has 0 aliphatic carbocycles. The maximum absolute atomic E-state index is 13.1. The van der Waals surface area contributed by atoms with Gasteiger partial charge in [-0.15, -0.1) is 0 Å². The summed E-state index contributed by atoms with van der Waals surface area (Å²) in [6, 6.07) is 0. The maximum atomic E-state index is 13.1. The summed E-state index contributed by atoms with van der Waals surface area (Å²) in [5.41, 5.74) is 0. The van der Waals surface area contributed by atoms with Gasteiger partial charge in [0.15, 0.2) is 12.2 Å². The average molecular weight is 1570 g/mol. The second-order valence-electron chi connectivity index (χ2n) is 25.8. The molecule has 19 heteroatoms. The van der Waals surface area contributed by atoms with E-state index in [0.717, 1.165) is 167 Å². The largest absolute Gasteiger partial charge is 0.472 e. The summed E-state index contributed by atoms with van der Waals surface area (Å²) >= 11 is 0. The molecule has 0 aromatic carbocycles. The van der Waals surface area contributed by atoms with Crippen molar-refractivity contribution in [1.82, 2.24) is 0 Å². The van der Waals surface area contributed by atoms with Gasteiger partial charge in [-0.05, 0) is 186 Å². The normalized spacial score (nSPS) is 15.0. The molecule has 0 saturated carbocycles. The van der Waals surface area contributed by atoms with Crippen molar-refractivity contribution in [3.05, 3.63) is 231 Å². The lowest BCUT2D eigenvalue weighted by Crippen LogP contribution is -2.30. The third-order valence-electron chi connectivity index (χ3n) is 15.6. The lowest BCUT2D eigenvalue weighted by atomic mass is 10.1. The Labute approximate surface area is 664 Å². The lowest BCUT2D eigenvalue weighted by molar-refractivity contribution is -0.161. The highest BCUT2D eigenvalue weighted by Crippen LogP contribution is 2.45. The van der Waals surface area contributed by atoms with E-state index in [2.05, 4.69) is 240 Å². The molecule has 0 aliphatic heterocycles. The van der Waals surface area contributed by atoms with Crippen molar-refractivity contribution in [2.45, 2.75) is 277 Å². The first-order chi connectivity index (χ1) is 53.7. The van der Waals surface area contributed by atoms with Gasteiger partial charge in [0.25, 0.3) is 0 Å². The summed E-state index contributed by atoms with van der Waals surface area (Å²) in [6.45, 7) is 4.17. The Morgan fingerprint density at radius 3 is 0.755 bits per heavy atom. The summed E-state index contributed by atoms with van der Waals surface area (Å²) in [4.78, 5) is 73.1. The van der Waals surface area contributed by atoms with Crippen LogP contribution < -0.4 is 0 Å². The van der Waals surface area contributed by atoms with Crippen molar-refractivity contribution in [3.8, 4) is 0 Å². The number of aliphatic hydroxyl groups is 1. The van der Waals surface area contributed by atoms with Gasteiger partial charge in [0.05, 0.1) is 26.4 Å². The predicted molar refractivity (Wildman–Crippen MR) is 454 cm³/mol. The topological polar surface area (TPSA) is 237 Å². The quantitative estimate of drug-likeness (QED) is 0.0169. The summed E-state index contributed by atoms with van der Waals surface area (Å²) in [5.74, 6) is -2.42. The minimum absolute atomic E-state index is 0.0165. The third-order valence-corrected chi connectivity index (χ3v) is 17.5. The molecule has 616 valence electrons. The van der Waals surface area contributed by atoms with Crippen LogP contribution in [0.3, 0.4) is 0 Å². The molecule has 0 fully saturated rings. The number of aliphatic hydroxyl groups excluding tert-OH is 1. The highest BCUT2D eigenvalue weighted by atomic mass is 31.2. The number of hydrogen-bond donors (Lipinski definition) is 3. The zero-order valence-electron chi connectivity index (χ0n) is 67.3. The molecular weight excluding hydrogens is 1430 g/mol. The van der Waals surface area contributed by atoms with Crippen LogP contribution >= 0.6 is 15.6 Å². The number of phosphoric ester groups is 2. The Balaban J connectivity index is 5.57. The van der Waals surface area contributed by atoms with Crippen molar-refractivity contribution in [2.75, 3.05) is 39.6 Å². The van der Waals surface area contributed by atoms with Crippen LogP contribution in [0.2, 0.25) is 0 Å². The highest BCUT2D eigenvalue weighted by molar-refractivity contribution is 7.47. The molecule has 0 bridgehead atoms. The van der Waals surface area contributed by atoms with E-state index in [4.69, 9.17) is 37.0 Å². The Bertz CT molecular complexity index is 3000. The second-order valence-corrected chi connectivity index (χ2v) is 28.7. The van der Waals surface area contributed by atoms with Gasteiger partial charge in [-0.25, -0.2) is 9.13 Å². The first kappa shape index (κ1) is 103. The monoisotopic (exact) mass is 1570 g/mol. The molecule has 0 aromatic rings. The van der Waals surface area contributed by atoms with Crippen molar-refractivity contribution in [2.24, 2.45) is 0 Å². The van der Waals surface area contributed by atoms with Crippen molar-refractivity contribution in [3.63, 3.8) is 0 Å². The fourth-order valence-electron chi connectivity index (χ4n) is 9.61. The molecule has 3 N–H and O–H groups in total. The molecule has 0 radical (unpaired) electrons. The molecule has 0 saturated heterocycles. The number of carbonyl (C=O) groups is 4. The fourth-order valence-corrected chi connectivity index (χ4v) is 11.2. The van der Waals surface area contributed by atoms with Crippen LogP contribution in [0.4, 0.5) is 0 Å². The molecular formula is C91H140O17P2. The van der Waals surface area contributed by atoms with Gasteiger partial charge in [-0.3, -0.25) is 37.3 Å². The Morgan fingerprint density at radius 2 is 0.464 bits per heavy atom. The molecule has 0 aliphatic rings. The first-order valence-electron chi connectivity index (χ1n) is 40.6. The zero-order valence-corrected chi connectivity index (χ0v) is 69.1. The number of phosphoric acid groups is 2. The van der Waals surface area contributed by atoms with Gasteiger partial charge >= 0.3 is 39.5 Å². The Hall–Kier alpha value is -6.88. The maximum Gasteiger partial charge on any atom is 0.472 e. The molecule has 0 aromatic heterocycles. The lowest BCUT2D eigenvalue weighted by Gasteiger charge is -2.21. The van der Waals surface area contributed by atoms with E-state index < -0.39 is 97.5 Å². The number of ether oxygens (including phenoxy) is 4. The number of allylic oxidation sites excluding steroid dienone is 38. The molecule has 110 heavy (non-hydrogen) atoms. The number of rotatable bonds is 73. The number of unbranched alkanes of at least 4 members (excludes halogenated alkanes) is 9.